The number of ether oxygens (including phenoxy) is 4. The van der Waals surface area contributed by atoms with Crippen molar-refractivity contribution < 1.29 is 46.5 Å². The molecule has 2 aromatic rings. The van der Waals surface area contributed by atoms with E-state index in [9.17, 15) is 23.2 Å². The van der Waals surface area contributed by atoms with Gasteiger partial charge in [0, 0.05) is 0 Å². The first-order valence-corrected chi connectivity index (χ1v) is 15.8. The SMILES string of the molecule is C=C[C@]1(C)CC[C@@H](C(=C)COC(=O)CCC(=O)OCCOCCOc2no[n+]([O-])c2S(=O)(=O)c2ccccc2)C[C@H]1C(=C)C. The van der Waals surface area contributed by atoms with Gasteiger partial charge in [0.2, 0.25) is 0 Å². The zero-order valence-electron chi connectivity index (χ0n) is 25.2. The van der Waals surface area contributed by atoms with Crippen molar-refractivity contribution in [2.45, 2.75) is 55.9 Å². The number of aromatic nitrogens is 2. The van der Waals surface area contributed by atoms with Crippen LogP contribution in [0.2, 0.25) is 0 Å². The molecule has 1 aromatic heterocycles. The highest BCUT2D eigenvalue weighted by Gasteiger charge is 2.39. The molecule has 0 aliphatic heterocycles. The van der Waals surface area contributed by atoms with Crippen LogP contribution >= 0.6 is 0 Å². The van der Waals surface area contributed by atoms with Crippen molar-refractivity contribution in [1.82, 2.24) is 5.16 Å². The molecule has 1 saturated carbocycles. The van der Waals surface area contributed by atoms with Crippen molar-refractivity contribution in [2.24, 2.45) is 17.3 Å². The molecule has 0 saturated heterocycles. The number of benzene rings is 1. The maximum Gasteiger partial charge on any atom is 0.415 e. The summed E-state index contributed by atoms with van der Waals surface area (Å²) in [5, 5.41) is 14.5. The molecule has 1 fully saturated rings. The van der Waals surface area contributed by atoms with Gasteiger partial charge in [-0.15, -0.1) is 6.58 Å². The first-order chi connectivity index (χ1) is 20.9. The van der Waals surface area contributed by atoms with Crippen molar-refractivity contribution in [3.63, 3.8) is 0 Å². The highest BCUT2D eigenvalue weighted by molar-refractivity contribution is 7.91. The standard InChI is InChI=1S/C31H40N2O10S/c1-6-31(5)15-14-24(20-26(31)22(2)3)23(4)21-42-28(35)13-12-27(34)40-18-16-39-17-19-41-29-30(33(36)43-32-29)44(37,38)25-10-8-7-9-11-25/h6-11,24,26H,1-2,4,12-21H2,3,5H3/t24-,26+,31-/m1/s1. The molecule has 1 aliphatic rings. The molecule has 3 atom stereocenters. The Morgan fingerprint density at radius 2 is 1.77 bits per heavy atom. The number of nitrogens with zero attached hydrogens (tertiary/aromatic N) is 2. The van der Waals surface area contributed by atoms with Crippen LogP contribution in [-0.4, -0.2) is 58.5 Å². The second kappa shape index (κ2) is 15.7. The van der Waals surface area contributed by atoms with E-state index in [-0.39, 0.29) is 72.9 Å². The predicted octanol–water partition coefficient (Wildman–Crippen LogP) is 4.14. The first kappa shape index (κ1) is 34.5. The van der Waals surface area contributed by atoms with Crippen LogP contribution in [0, 0.1) is 22.5 Å². The van der Waals surface area contributed by atoms with E-state index in [4.69, 9.17) is 18.9 Å². The minimum Gasteiger partial charge on any atom is -0.463 e. The second-order valence-corrected chi connectivity index (χ2v) is 12.8. The van der Waals surface area contributed by atoms with Crippen LogP contribution in [0.5, 0.6) is 5.88 Å². The lowest BCUT2D eigenvalue weighted by atomic mass is 9.61. The van der Waals surface area contributed by atoms with Gasteiger partial charge in [-0.3, -0.25) is 14.2 Å². The molecular formula is C31H40N2O10S. The Morgan fingerprint density at radius 1 is 1.11 bits per heavy atom. The van der Waals surface area contributed by atoms with E-state index in [0.29, 0.717) is 0 Å². The van der Waals surface area contributed by atoms with Gasteiger partial charge in [0.05, 0.1) is 36.1 Å². The lowest BCUT2D eigenvalue weighted by Crippen LogP contribution is -2.34. The lowest BCUT2D eigenvalue weighted by molar-refractivity contribution is -0.832. The third kappa shape index (κ3) is 9.02. The quantitative estimate of drug-likeness (QED) is 0.107. The summed E-state index contributed by atoms with van der Waals surface area (Å²) in [6.07, 6.45) is 4.51. The van der Waals surface area contributed by atoms with Crippen molar-refractivity contribution in [3.05, 3.63) is 72.5 Å². The fraction of sp³-hybridized carbons (Fsp3) is 0.484. The van der Waals surface area contributed by atoms with Gasteiger partial charge in [-0.1, -0.05) is 49.9 Å². The Hall–Kier alpha value is -3.97. The number of hydrogen-bond donors (Lipinski definition) is 0. The zero-order valence-corrected chi connectivity index (χ0v) is 26.0. The number of allylic oxidation sites excluding steroid dienone is 2. The first-order valence-electron chi connectivity index (χ1n) is 14.3. The minimum absolute atomic E-state index is 0.00361. The van der Waals surface area contributed by atoms with Crippen LogP contribution in [0.25, 0.3) is 0 Å². The van der Waals surface area contributed by atoms with Crippen molar-refractivity contribution in [2.75, 3.05) is 33.0 Å². The van der Waals surface area contributed by atoms with Gasteiger partial charge >= 0.3 is 22.8 Å². The summed E-state index contributed by atoms with van der Waals surface area (Å²) in [7, 11) is -4.22. The highest BCUT2D eigenvalue weighted by atomic mass is 32.2. The molecule has 1 heterocycles. The van der Waals surface area contributed by atoms with Gasteiger partial charge in [-0.25, -0.2) is 8.42 Å². The van der Waals surface area contributed by atoms with Gasteiger partial charge in [-0.2, -0.15) is 0 Å². The summed E-state index contributed by atoms with van der Waals surface area (Å²) >= 11 is 0. The molecule has 240 valence electrons. The minimum atomic E-state index is -4.22. The Balaban J connectivity index is 1.29. The zero-order chi connectivity index (χ0) is 32.3. The van der Waals surface area contributed by atoms with E-state index in [1.165, 1.54) is 24.3 Å². The second-order valence-electron chi connectivity index (χ2n) is 10.9. The molecule has 0 radical (unpaired) electrons. The largest absolute Gasteiger partial charge is 0.463 e. The van der Waals surface area contributed by atoms with E-state index in [1.54, 1.807) is 6.07 Å². The summed E-state index contributed by atoms with van der Waals surface area (Å²) < 4.78 is 50.9. The van der Waals surface area contributed by atoms with Crippen LogP contribution in [0.4, 0.5) is 0 Å². The summed E-state index contributed by atoms with van der Waals surface area (Å²) in [5.41, 5.74) is 1.95. The molecule has 12 nitrogen and oxygen atoms in total. The highest BCUT2D eigenvalue weighted by Crippen LogP contribution is 2.48. The fourth-order valence-corrected chi connectivity index (χ4v) is 6.40. The van der Waals surface area contributed by atoms with E-state index < -0.39 is 32.7 Å². The topological polar surface area (TPSA) is 158 Å². The number of sulfone groups is 1. The predicted molar refractivity (Wildman–Crippen MR) is 158 cm³/mol. The third-order valence-corrected chi connectivity index (χ3v) is 9.48. The summed E-state index contributed by atoms with van der Waals surface area (Å²) in [4.78, 5) is 23.8. The summed E-state index contributed by atoms with van der Waals surface area (Å²) in [6, 6.07) is 7.31. The van der Waals surface area contributed by atoms with E-state index >= 15 is 0 Å². The molecule has 13 heteroatoms. The van der Waals surface area contributed by atoms with Crippen LogP contribution in [0.3, 0.4) is 0 Å². The number of carbonyl (C=O) groups is 2. The van der Waals surface area contributed by atoms with Crippen molar-refractivity contribution in [1.29, 1.82) is 0 Å². The van der Waals surface area contributed by atoms with Crippen LogP contribution in [-0.2, 0) is 33.6 Å². The van der Waals surface area contributed by atoms with Gasteiger partial charge < -0.3 is 24.2 Å². The number of esters is 2. The Labute approximate surface area is 257 Å². The van der Waals surface area contributed by atoms with Crippen LogP contribution < -0.4 is 9.64 Å². The molecule has 0 unspecified atom stereocenters. The van der Waals surface area contributed by atoms with E-state index in [1.807, 2.05) is 13.0 Å². The fourth-order valence-electron chi connectivity index (χ4n) is 5.10. The molecule has 44 heavy (non-hydrogen) atoms. The van der Waals surface area contributed by atoms with Gasteiger partial charge in [0.25, 0.3) is 9.84 Å². The number of rotatable bonds is 17. The van der Waals surface area contributed by atoms with Crippen LogP contribution in [0.15, 0.2) is 81.8 Å². The maximum absolute atomic E-state index is 12.7. The average Bonchev–Trinajstić information content (AvgIpc) is 3.39. The summed E-state index contributed by atoms with van der Waals surface area (Å²) in [5.74, 6) is -1.09. The van der Waals surface area contributed by atoms with Crippen molar-refractivity contribution >= 4 is 21.8 Å². The smallest absolute Gasteiger partial charge is 0.415 e. The summed E-state index contributed by atoms with van der Waals surface area (Å²) in [6.45, 7) is 16.4. The Morgan fingerprint density at radius 3 is 2.43 bits per heavy atom. The molecule has 1 aromatic carbocycles. The van der Waals surface area contributed by atoms with Gasteiger partial charge in [-0.05, 0) is 66.0 Å². The molecule has 0 bridgehead atoms. The van der Waals surface area contributed by atoms with Gasteiger partial charge in [0.15, 0.2) is 0 Å². The molecular weight excluding hydrogens is 592 g/mol. The molecule has 0 amide bonds. The van der Waals surface area contributed by atoms with E-state index in [0.717, 1.165) is 30.4 Å². The molecule has 0 spiro atoms. The normalized spacial score (nSPS) is 20.0. The lowest BCUT2D eigenvalue weighted by Gasteiger charge is -2.43. The van der Waals surface area contributed by atoms with Gasteiger partial charge in [0.1, 0.15) is 19.8 Å². The molecule has 0 N–H and O–H groups in total. The van der Waals surface area contributed by atoms with Crippen LogP contribution in [0.1, 0.15) is 46.0 Å². The average molecular weight is 633 g/mol. The molecule has 3 rings (SSSR count). The monoisotopic (exact) mass is 632 g/mol. The maximum atomic E-state index is 12.7. The van der Waals surface area contributed by atoms with Crippen molar-refractivity contribution in [3.8, 4) is 5.88 Å². The van der Waals surface area contributed by atoms with E-state index in [2.05, 4.69) is 36.4 Å². The number of hydrogen-bond acceptors (Lipinski definition) is 11. The Kier molecular flexibility index (Phi) is 12.3. The Bertz CT molecular complexity index is 1440. The molecule has 1 aliphatic carbocycles. The number of carbonyl (C=O) groups excluding carboxylic acids is 2. The third-order valence-electron chi connectivity index (χ3n) is 7.75.